The second-order valence-electron chi connectivity index (χ2n) is 6.21. The maximum absolute atomic E-state index is 11.9. The van der Waals surface area contributed by atoms with E-state index in [0.717, 1.165) is 12.8 Å². The van der Waals surface area contributed by atoms with E-state index in [1.807, 2.05) is 27.7 Å². The predicted octanol–water partition coefficient (Wildman–Crippen LogP) is 2.84. The van der Waals surface area contributed by atoms with Gasteiger partial charge in [-0.1, -0.05) is 13.3 Å². The summed E-state index contributed by atoms with van der Waals surface area (Å²) in [6.07, 6.45) is 2.48. The van der Waals surface area contributed by atoms with Gasteiger partial charge in [-0.3, -0.25) is 9.59 Å². The lowest BCUT2D eigenvalue weighted by Gasteiger charge is -2.22. The van der Waals surface area contributed by atoms with Crippen LogP contribution in [0.25, 0.3) is 0 Å². The Morgan fingerprint density at radius 1 is 1.33 bits per heavy atom. The molecule has 1 fully saturated rings. The van der Waals surface area contributed by atoms with E-state index in [1.54, 1.807) is 6.92 Å². The van der Waals surface area contributed by atoms with Crippen LogP contribution in [0.5, 0.6) is 0 Å². The molecule has 1 aliphatic carbocycles. The molecule has 0 aromatic rings. The molecule has 2 atom stereocenters. The van der Waals surface area contributed by atoms with Gasteiger partial charge in [-0.2, -0.15) is 0 Å². The molecule has 0 aromatic heterocycles. The van der Waals surface area contributed by atoms with Crippen molar-refractivity contribution in [1.29, 1.82) is 0 Å². The van der Waals surface area contributed by atoms with Crippen molar-refractivity contribution in [3.63, 3.8) is 0 Å². The summed E-state index contributed by atoms with van der Waals surface area (Å²) in [6.45, 7) is 9.31. The van der Waals surface area contributed by atoms with Gasteiger partial charge in [0.15, 0.2) is 0 Å². The van der Waals surface area contributed by atoms with Crippen LogP contribution in [0.15, 0.2) is 0 Å². The lowest BCUT2D eigenvalue weighted by molar-refractivity contribution is -0.164. The maximum atomic E-state index is 11.9. The van der Waals surface area contributed by atoms with E-state index < -0.39 is 11.0 Å². The number of esters is 2. The molecule has 4 heteroatoms. The lowest BCUT2D eigenvalue weighted by atomic mass is 10.1. The Labute approximate surface area is 109 Å². The predicted molar refractivity (Wildman–Crippen MR) is 68.0 cm³/mol. The lowest BCUT2D eigenvalue weighted by Crippen LogP contribution is -2.30. The van der Waals surface area contributed by atoms with Crippen LogP contribution in [-0.4, -0.2) is 23.6 Å². The number of hydrogen-bond acceptors (Lipinski definition) is 4. The summed E-state index contributed by atoms with van der Waals surface area (Å²) >= 11 is 0. The van der Waals surface area contributed by atoms with Crippen molar-refractivity contribution in [2.75, 3.05) is 0 Å². The third kappa shape index (κ3) is 4.00. The van der Waals surface area contributed by atoms with Gasteiger partial charge in [-0.15, -0.1) is 0 Å². The highest BCUT2D eigenvalue weighted by atomic mass is 16.6. The van der Waals surface area contributed by atoms with E-state index in [-0.39, 0.29) is 18.0 Å². The van der Waals surface area contributed by atoms with E-state index in [4.69, 9.17) is 9.47 Å². The third-order valence-electron chi connectivity index (χ3n) is 3.03. The fourth-order valence-electron chi connectivity index (χ4n) is 1.65. The summed E-state index contributed by atoms with van der Waals surface area (Å²) in [5.41, 5.74) is -1.14. The van der Waals surface area contributed by atoms with Crippen LogP contribution in [0.1, 0.15) is 60.3 Å². The standard InChI is InChI=1S/C14H24O4/c1-6-7-8-11(15)17-10-9-14(10,5)12(16)18-13(2,3)4/h10H,6-9H2,1-5H3/t10-,14-/m0/s1. The molecular formula is C14H24O4. The van der Waals surface area contributed by atoms with Crippen molar-refractivity contribution in [3.8, 4) is 0 Å². The summed E-state index contributed by atoms with van der Waals surface area (Å²) < 4.78 is 10.6. The Morgan fingerprint density at radius 2 is 1.94 bits per heavy atom. The van der Waals surface area contributed by atoms with Gasteiger partial charge in [-0.05, 0) is 34.1 Å². The highest BCUT2D eigenvalue weighted by Gasteiger charge is 2.61. The quantitative estimate of drug-likeness (QED) is 0.710. The minimum Gasteiger partial charge on any atom is -0.461 e. The first-order valence-electron chi connectivity index (χ1n) is 6.62. The zero-order valence-corrected chi connectivity index (χ0v) is 12.0. The van der Waals surface area contributed by atoms with Crippen molar-refractivity contribution in [1.82, 2.24) is 0 Å². The second-order valence-corrected chi connectivity index (χ2v) is 6.21. The summed E-state index contributed by atoms with van der Waals surface area (Å²) in [6, 6.07) is 0. The minimum absolute atomic E-state index is 0.214. The van der Waals surface area contributed by atoms with E-state index >= 15 is 0 Å². The monoisotopic (exact) mass is 256 g/mol. The molecule has 18 heavy (non-hydrogen) atoms. The fraction of sp³-hybridized carbons (Fsp3) is 0.857. The minimum atomic E-state index is -0.644. The Kier molecular flexibility index (Phi) is 4.41. The number of unbranched alkanes of at least 4 members (excludes halogenated alkanes) is 1. The van der Waals surface area contributed by atoms with Crippen molar-refractivity contribution in [3.05, 3.63) is 0 Å². The van der Waals surface area contributed by atoms with Crippen molar-refractivity contribution in [2.24, 2.45) is 5.41 Å². The number of carbonyl (C=O) groups is 2. The van der Waals surface area contributed by atoms with Crippen molar-refractivity contribution in [2.45, 2.75) is 72.0 Å². The molecule has 104 valence electrons. The van der Waals surface area contributed by atoms with Crippen LogP contribution in [0.2, 0.25) is 0 Å². The first-order chi connectivity index (χ1) is 8.19. The topological polar surface area (TPSA) is 52.6 Å². The van der Waals surface area contributed by atoms with Crippen LogP contribution >= 0.6 is 0 Å². The van der Waals surface area contributed by atoms with Gasteiger partial charge in [0, 0.05) is 12.8 Å². The number of hydrogen-bond donors (Lipinski definition) is 0. The molecule has 0 aromatic carbocycles. The van der Waals surface area contributed by atoms with Crippen LogP contribution < -0.4 is 0 Å². The first kappa shape index (κ1) is 15.0. The van der Waals surface area contributed by atoms with Gasteiger partial charge in [0.1, 0.15) is 17.1 Å². The highest BCUT2D eigenvalue weighted by molar-refractivity contribution is 5.82. The largest absolute Gasteiger partial charge is 0.461 e. The Morgan fingerprint density at radius 3 is 2.44 bits per heavy atom. The fourth-order valence-corrected chi connectivity index (χ4v) is 1.65. The number of rotatable bonds is 5. The molecule has 0 N–H and O–H groups in total. The molecule has 1 aliphatic rings. The summed E-state index contributed by atoms with van der Waals surface area (Å²) in [7, 11) is 0. The highest BCUT2D eigenvalue weighted by Crippen LogP contribution is 2.49. The zero-order chi connectivity index (χ0) is 14.0. The molecule has 1 rings (SSSR count). The molecule has 0 unspecified atom stereocenters. The zero-order valence-electron chi connectivity index (χ0n) is 12.0. The van der Waals surface area contributed by atoms with Gasteiger partial charge in [0.05, 0.1) is 0 Å². The molecule has 0 amide bonds. The maximum Gasteiger partial charge on any atom is 0.316 e. The smallest absolute Gasteiger partial charge is 0.316 e. The second kappa shape index (κ2) is 5.29. The van der Waals surface area contributed by atoms with Gasteiger partial charge >= 0.3 is 11.9 Å². The average Bonchev–Trinajstić information content (AvgIpc) is 2.85. The summed E-state index contributed by atoms with van der Waals surface area (Å²) in [4.78, 5) is 23.4. The molecule has 0 spiro atoms. The molecule has 0 saturated heterocycles. The molecule has 1 saturated carbocycles. The molecule has 4 nitrogen and oxygen atoms in total. The number of carbonyl (C=O) groups excluding carboxylic acids is 2. The Hall–Kier alpha value is -1.06. The summed E-state index contributed by atoms with van der Waals surface area (Å²) in [5, 5.41) is 0. The Bertz CT molecular complexity index is 329. The molecule has 0 radical (unpaired) electrons. The van der Waals surface area contributed by atoms with Gasteiger partial charge in [0.25, 0.3) is 0 Å². The average molecular weight is 256 g/mol. The molecule has 0 bridgehead atoms. The van der Waals surface area contributed by atoms with Gasteiger partial charge in [0.2, 0.25) is 0 Å². The van der Waals surface area contributed by atoms with E-state index in [0.29, 0.717) is 12.8 Å². The molecule has 0 aliphatic heterocycles. The molecule has 0 heterocycles. The third-order valence-corrected chi connectivity index (χ3v) is 3.03. The van der Waals surface area contributed by atoms with Gasteiger partial charge in [-0.25, -0.2) is 0 Å². The Balaban J connectivity index is 2.41. The van der Waals surface area contributed by atoms with E-state index in [2.05, 4.69) is 0 Å². The normalized spacial score (nSPS) is 26.6. The molecular weight excluding hydrogens is 232 g/mol. The van der Waals surface area contributed by atoms with Crippen LogP contribution in [-0.2, 0) is 19.1 Å². The summed E-state index contributed by atoms with van der Waals surface area (Å²) in [5.74, 6) is -0.488. The van der Waals surface area contributed by atoms with Gasteiger partial charge < -0.3 is 9.47 Å². The van der Waals surface area contributed by atoms with Crippen molar-refractivity contribution < 1.29 is 19.1 Å². The van der Waals surface area contributed by atoms with Crippen LogP contribution in [0.4, 0.5) is 0 Å². The van der Waals surface area contributed by atoms with Crippen LogP contribution in [0, 0.1) is 5.41 Å². The van der Waals surface area contributed by atoms with E-state index in [9.17, 15) is 9.59 Å². The van der Waals surface area contributed by atoms with E-state index in [1.165, 1.54) is 0 Å². The number of ether oxygens (including phenoxy) is 2. The van der Waals surface area contributed by atoms with Crippen molar-refractivity contribution >= 4 is 11.9 Å². The first-order valence-corrected chi connectivity index (χ1v) is 6.62. The van der Waals surface area contributed by atoms with Crippen LogP contribution in [0.3, 0.4) is 0 Å². The SMILES string of the molecule is CCCCC(=O)O[C@H]1C[C@]1(C)C(=O)OC(C)(C)C.